The predicted octanol–water partition coefficient (Wildman–Crippen LogP) is 9.19. The van der Waals surface area contributed by atoms with E-state index in [9.17, 15) is 17.8 Å². The molecule has 2 heterocycles. The van der Waals surface area contributed by atoms with Gasteiger partial charge in [0.15, 0.2) is 5.71 Å². The fourth-order valence-corrected chi connectivity index (χ4v) is 7.45. The van der Waals surface area contributed by atoms with Crippen molar-refractivity contribution >= 4 is 33.1 Å². The zero-order valence-corrected chi connectivity index (χ0v) is 33.0. The molecule has 0 amide bonds. The third-order valence-electron chi connectivity index (χ3n) is 9.82. The minimum absolute atomic E-state index is 0.0926. The molecule has 0 saturated carbocycles. The molecular formula is C43H56NO8S+. The van der Waals surface area contributed by atoms with Crippen molar-refractivity contribution in [2.45, 2.75) is 89.4 Å². The average molecular weight is 747 g/mol. The van der Waals surface area contributed by atoms with Gasteiger partial charge in [-0.05, 0) is 92.4 Å². The second kappa shape index (κ2) is 18.3. The first-order chi connectivity index (χ1) is 25.1. The maximum absolute atomic E-state index is 12.0. The molecule has 0 atom stereocenters. The highest BCUT2D eigenvalue weighted by molar-refractivity contribution is 7.85. The Labute approximate surface area is 315 Å². The molecule has 2 aliphatic heterocycles. The van der Waals surface area contributed by atoms with E-state index in [0.717, 1.165) is 59.7 Å². The summed E-state index contributed by atoms with van der Waals surface area (Å²) in [5.74, 6) is 1.10. The number of nitrogens with zero attached hydrogens (tertiary/aromatic N) is 1. The summed E-state index contributed by atoms with van der Waals surface area (Å²) in [6.07, 6.45) is 19.9. The highest BCUT2D eigenvalue weighted by atomic mass is 32.2. The van der Waals surface area contributed by atoms with Gasteiger partial charge in [-0.3, -0.25) is 9.35 Å². The maximum Gasteiger partial charge on any atom is 0.303 e. The van der Waals surface area contributed by atoms with Gasteiger partial charge < -0.3 is 19.3 Å². The SMILES string of the molecule is COCCC(CCOC)c1ccc2c(c1)O/C(=C/C=C/C=C/C=C/C1=[N+](CCCCCC(=O)O)c3ccc(S(=O)(=O)O)cc3C1(C)C)C=C2C(C)(C)C. The summed E-state index contributed by atoms with van der Waals surface area (Å²) in [7, 11) is -0.908. The minimum Gasteiger partial charge on any atom is -0.481 e. The molecule has 4 rings (SSSR count). The van der Waals surface area contributed by atoms with Crippen LogP contribution in [-0.2, 0) is 29.8 Å². The lowest BCUT2D eigenvalue weighted by Crippen LogP contribution is -2.28. The van der Waals surface area contributed by atoms with Crippen LogP contribution in [0.4, 0.5) is 5.69 Å². The van der Waals surface area contributed by atoms with Crippen LogP contribution in [0.5, 0.6) is 5.75 Å². The van der Waals surface area contributed by atoms with Crippen molar-refractivity contribution < 1.29 is 41.7 Å². The van der Waals surface area contributed by atoms with E-state index in [1.807, 2.05) is 56.4 Å². The monoisotopic (exact) mass is 746 g/mol. The molecule has 0 unspecified atom stereocenters. The Morgan fingerprint density at radius 2 is 1.62 bits per heavy atom. The summed E-state index contributed by atoms with van der Waals surface area (Å²) in [4.78, 5) is 10.8. The Morgan fingerprint density at radius 3 is 2.26 bits per heavy atom. The van der Waals surface area contributed by atoms with Crippen LogP contribution in [0.15, 0.2) is 95.7 Å². The number of ether oxygens (including phenoxy) is 3. The van der Waals surface area contributed by atoms with Gasteiger partial charge in [0.1, 0.15) is 18.1 Å². The lowest BCUT2D eigenvalue weighted by molar-refractivity contribution is -0.438. The molecule has 0 radical (unpaired) electrons. The number of benzene rings is 2. The molecule has 0 fully saturated rings. The zero-order chi connectivity index (χ0) is 38.8. The Kier molecular flexibility index (Phi) is 14.4. The average Bonchev–Trinajstić information content (AvgIpc) is 3.30. The minimum atomic E-state index is -4.36. The van der Waals surface area contributed by atoms with Gasteiger partial charge in [0.25, 0.3) is 10.1 Å². The van der Waals surface area contributed by atoms with Crippen molar-refractivity contribution in [2.75, 3.05) is 34.0 Å². The second-order valence-electron chi connectivity index (χ2n) is 15.1. The Hall–Kier alpha value is -4.09. The number of aliphatic carboxylic acids is 1. The van der Waals surface area contributed by atoms with Crippen molar-refractivity contribution in [1.29, 1.82) is 0 Å². The van der Waals surface area contributed by atoms with Crippen LogP contribution >= 0.6 is 0 Å². The van der Waals surface area contributed by atoms with E-state index in [0.29, 0.717) is 32.1 Å². The van der Waals surface area contributed by atoms with Gasteiger partial charge in [0, 0.05) is 63.5 Å². The normalized spacial score (nSPS) is 16.6. The number of methoxy groups -OCH3 is 2. The van der Waals surface area contributed by atoms with E-state index < -0.39 is 21.5 Å². The van der Waals surface area contributed by atoms with Gasteiger partial charge in [-0.1, -0.05) is 63.3 Å². The van der Waals surface area contributed by atoms with Crippen LogP contribution in [0.25, 0.3) is 5.57 Å². The predicted molar refractivity (Wildman–Crippen MR) is 211 cm³/mol. The molecule has 0 spiro atoms. The molecule has 0 aliphatic carbocycles. The lowest BCUT2D eigenvalue weighted by atomic mass is 9.79. The van der Waals surface area contributed by atoms with Gasteiger partial charge in [-0.25, -0.2) is 0 Å². The summed E-state index contributed by atoms with van der Waals surface area (Å²) in [6.45, 7) is 12.7. The number of carboxylic acid groups (broad SMARTS) is 1. The fraction of sp³-hybridized carbons (Fsp3) is 0.442. The standard InChI is InChI=1S/C43H55NO8S/c1-42(2,3)36-29-33(52-39-28-32(19-21-35(36)39)31(23-26-50-6)24-27-51-7)16-12-9-8-10-13-17-40-43(4,5)37-30-34(53(47,48)49)20-22-38(37)44(40)25-15-11-14-18-41(45)46/h8-10,12-13,16-17,19-22,28-31H,11,14-15,18,23-27H2,1-7H3,(H-,45,46,47,48,49)/p+1/b10-8+,12-9+,17-13+,33-16+. The van der Waals surface area contributed by atoms with E-state index in [-0.39, 0.29) is 16.7 Å². The largest absolute Gasteiger partial charge is 0.481 e. The Bertz CT molecular complexity index is 1910. The topological polar surface area (TPSA) is 122 Å². The molecule has 2 aliphatic rings. The number of hydrogen-bond donors (Lipinski definition) is 2. The van der Waals surface area contributed by atoms with Crippen LogP contribution in [0.2, 0.25) is 0 Å². The third-order valence-corrected chi connectivity index (χ3v) is 10.7. The van der Waals surface area contributed by atoms with Gasteiger partial charge in [0.2, 0.25) is 5.69 Å². The first kappa shape index (κ1) is 41.7. The van der Waals surface area contributed by atoms with Crippen LogP contribution < -0.4 is 4.74 Å². The van der Waals surface area contributed by atoms with Crippen LogP contribution in [0.3, 0.4) is 0 Å². The highest BCUT2D eigenvalue weighted by Gasteiger charge is 2.44. The van der Waals surface area contributed by atoms with E-state index in [1.54, 1.807) is 26.4 Å². The van der Waals surface area contributed by atoms with Crippen molar-refractivity contribution in [3.8, 4) is 5.75 Å². The molecule has 0 saturated heterocycles. The molecule has 53 heavy (non-hydrogen) atoms. The second-order valence-corrected chi connectivity index (χ2v) is 16.6. The van der Waals surface area contributed by atoms with Crippen molar-refractivity contribution in [1.82, 2.24) is 0 Å². The van der Waals surface area contributed by atoms with Crippen molar-refractivity contribution in [3.63, 3.8) is 0 Å². The molecule has 0 aromatic heterocycles. The lowest BCUT2D eigenvalue weighted by Gasteiger charge is -2.30. The summed E-state index contributed by atoms with van der Waals surface area (Å²) < 4.78 is 53.0. The van der Waals surface area contributed by atoms with E-state index in [4.69, 9.17) is 19.3 Å². The Morgan fingerprint density at radius 1 is 0.943 bits per heavy atom. The number of carbonyl (C=O) groups is 1. The molecule has 286 valence electrons. The number of unbranched alkanes of at least 4 members (excludes halogenated alkanes) is 2. The first-order valence-electron chi connectivity index (χ1n) is 18.3. The van der Waals surface area contributed by atoms with Gasteiger partial charge >= 0.3 is 5.97 Å². The van der Waals surface area contributed by atoms with Crippen LogP contribution in [0, 0.1) is 5.41 Å². The number of rotatable bonds is 18. The van der Waals surface area contributed by atoms with E-state index >= 15 is 0 Å². The Balaban J connectivity index is 1.54. The molecule has 2 aromatic rings. The summed E-state index contributed by atoms with van der Waals surface area (Å²) >= 11 is 0. The van der Waals surface area contributed by atoms with Gasteiger partial charge in [-0.15, -0.1) is 0 Å². The summed E-state index contributed by atoms with van der Waals surface area (Å²) in [6, 6.07) is 11.2. The summed E-state index contributed by atoms with van der Waals surface area (Å²) in [5, 5.41) is 9.02. The van der Waals surface area contributed by atoms with E-state index in [2.05, 4.69) is 49.6 Å². The van der Waals surface area contributed by atoms with Crippen LogP contribution in [-0.4, -0.2) is 68.3 Å². The highest BCUT2D eigenvalue weighted by Crippen LogP contribution is 2.45. The van der Waals surface area contributed by atoms with Gasteiger partial charge in [0.05, 0.1) is 10.3 Å². The maximum atomic E-state index is 12.0. The number of allylic oxidation sites excluding steroid dienone is 9. The number of fused-ring (bicyclic) bond motifs is 2. The number of hydrogen-bond acceptors (Lipinski definition) is 6. The molecule has 10 heteroatoms. The molecule has 0 bridgehead atoms. The van der Waals surface area contributed by atoms with Gasteiger partial charge in [-0.2, -0.15) is 13.0 Å². The quantitative estimate of drug-likeness (QED) is 0.0671. The molecule has 2 aromatic carbocycles. The molecule has 2 N–H and O–H groups in total. The van der Waals surface area contributed by atoms with Crippen molar-refractivity contribution in [2.24, 2.45) is 5.41 Å². The van der Waals surface area contributed by atoms with E-state index in [1.165, 1.54) is 17.2 Å². The fourth-order valence-electron chi connectivity index (χ4n) is 6.95. The van der Waals surface area contributed by atoms with Crippen LogP contribution in [0.1, 0.15) is 95.8 Å². The van der Waals surface area contributed by atoms with Crippen molar-refractivity contribution in [3.05, 3.63) is 107 Å². The number of carboxylic acids is 1. The smallest absolute Gasteiger partial charge is 0.303 e. The molecular weight excluding hydrogens is 691 g/mol. The molecule has 9 nitrogen and oxygen atoms in total. The summed E-state index contributed by atoms with van der Waals surface area (Å²) in [5.41, 5.74) is 5.54. The first-order valence-corrected chi connectivity index (χ1v) is 19.7. The third kappa shape index (κ3) is 11.0. The zero-order valence-electron chi connectivity index (χ0n) is 32.2.